The lowest BCUT2D eigenvalue weighted by atomic mass is 10.1. The summed E-state index contributed by atoms with van der Waals surface area (Å²) in [5.74, 6) is -0.402. The first-order valence-electron chi connectivity index (χ1n) is 4.17. The summed E-state index contributed by atoms with van der Waals surface area (Å²) in [6, 6.07) is 2.44. The lowest BCUT2D eigenvalue weighted by Gasteiger charge is -2.04. The van der Waals surface area contributed by atoms with Gasteiger partial charge in [-0.2, -0.15) is 5.10 Å². The average Bonchev–Trinajstić information content (AvgIpc) is 2.22. The van der Waals surface area contributed by atoms with Gasteiger partial charge in [0, 0.05) is 20.9 Å². The van der Waals surface area contributed by atoms with Crippen molar-refractivity contribution in [1.82, 2.24) is 5.43 Å². The molecule has 0 aromatic heterocycles. The van der Waals surface area contributed by atoms with Gasteiger partial charge in [0.05, 0.1) is 6.21 Å². The first kappa shape index (κ1) is 13.1. The number of hydrogen-bond donors (Lipinski definition) is 2. The van der Waals surface area contributed by atoms with Crippen LogP contribution in [-0.4, -0.2) is 12.2 Å². The van der Waals surface area contributed by atoms with Gasteiger partial charge in [0.1, 0.15) is 5.82 Å². The Morgan fingerprint density at radius 3 is 2.88 bits per heavy atom. The van der Waals surface area contributed by atoms with E-state index in [1.165, 1.54) is 12.3 Å². The van der Waals surface area contributed by atoms with Gasteiger partial charge >= 0.3 is 6.03 Å². The van der Waals surface area contributed by atoms with Gasteiger partial charge in [-0.25, -0.2) is 14.6 Å². The van der Waals surface area contributed by atoms with Crippen LogP contribution < -0.4 is 11.2 Å². The number of nitrogens with two attached hydrogens (primary N) is 1. The summed E-state index contributed by atoms with van der Waals surface area (Å²) < 4.78 is 14.4. The summed E-state index contributed by atoms with van der Waals surface area (Å²) in [6.07, 6.45) is 1.19. The Bertz CT molecular complexity index is 437. The Labute approximate surface area is 108 Å². The van der Waals surface area contributed by atoms with Crippen molar-refractivity contribution in [2.45, 2.75) is 5.33 Å². The molecule has 0 spiro atoms. The lowest BCUT2D eigenvalue weighted by molar-refractivity contribution is 0.249. The number of amides is 2. The summed E-state index contributed by atoms with van der Waals surface area (Å²) in [5, 5.41) is 3.87. The van der Waals surface area contributed by atoms with Gasteiger partial charge in [-0.15, -0.1) is 0 Å². The maximum absolute atomic E-state index is 13.8. The van der Waals surface area contributed by atoms with Crippen molar-refractivity contribution in [3.63, 3.8) is 0 Å². The van der Waals surface area contributed by atoms with Gasteiger partial charge < -0.3 is 5.73 Å². The molecule has 86 valence electrons. The minimum atomic E-state index is -0.797. The van der Waals surface area contributed by atoms with E-state index in [-0.39, 0.29) is 5.56 Å². The molecule has 0 aliphatic rings. The minimum absolute atomic E-state index is 0.270. The van der Waals surface area contributed by atoms with E-state index in [0.717, 1.165) is 0 Å². The third-order valence-corrected chi connectivity index (χ3v) is 3.03. The fraction of sp³-hybridized carbons (Fsp3) is 0.111. The number of carbonyl (C=O) groups is 1. The van der Waals surface area contributed by atoms with E-state index in [0.29, 0.717) is 15.4 Å². The van der Waals surface area contributed by atoms with Crippen molar-refractivity contribution in [3.8, 4) is 0 Å². The smallest absolute Gasteiger partial charge is 0.332 e. The Morgan fingerprint density at radius 2 is 2.31 bits per heavy atom. The van der Waals surface area contributed by atoms with Crippen LogP contribution in [-0.2, 0) is 5.33 Å². The number of nitrogens with zero attached hydrogens (tertiary/aromatic N) is 1. The van der Waals surface area contributed by atoms with Crippen LogP contribution >= 0.6 is 31.9 Å². The standard InChI is InChI=1S/C9H8Br2FN3O/c10-3-6-7(11)2-1-5(8(6)12)4-14-15-9(13)16/h1-2,4H,3H2,(H3,13,15,16). The van der Waals surface area contributed by atoms with Crippen molar-refractivity contribution >= 4 is 44.1 Å². The molecule has 1 rings (SSSR count). The van der Waals surface area contributed by atoms with Crippen molar-refractivity contribution in [2.75, 3.05) is 0 Å². The third-order valence-electron chi connectivity index (χ3n) is 1.73. The second kappa shape index (κ2) is 5.95. The van der Waals surface area contributed by atoms with Crippen LogP contribution in [0.1, 0.15) is 11.1 Å². The van der Waals surface area contributed by atoms with Gasteiger partial charge in [0.15, 0.2) is 0 Å². The summed E-state index contributed by atoms with van der Waals surface area (Å²) in [5.41, 5.74) is 7.55. The zero-order valence-electron chi connectivity index (χ0n) is 8.01. The van der Waals surface area contributed by atoms with E-state index in [9.17, 15) is 9.18 Å². The molecular formula is C9H8Br2FN3O. The maximum Gasteiger partial charge on any atom is 0.332 e. The molecule has 4 nitrogen and oxygen atoms in total. The Hall–Kier alpha value is -0.950. The molecule has 1 aromatic rings. The molecule has 0 fully saturated rings. The average molecular weight is 353 g/mol. The van der Waals surface area contributed by atoms with Crippen LogP contribution in [0.15, 0.2) is 21.7 Å². The molecular weight excluding hydrogens is 345 g/mol. The van der Waals surface area contributed by atoms with Crippen molar-refractivity contribution in [3.05, 3.63) is 33.5 Å². The number of primary amides is 1. The number of halogens is 3. The molecule has 16 heavy (non-hydrogen) atoms. The summed E-state index contributed by atoms with van der Waals surface area (Å²) in [4.78, 5) is 10.3. The largest absolute Gasteiger partial charge is 0.350 e. The van der Waals surface area contributed by atoms with E-state index < -0.39 is 11.8 Å². The quantitative estimate of drug-likeness (QED) is 0.490. The molecule has 0 unspecified atom stereocenters. The topological polar surface area (TPSA) is 67.5 Å². The van der Waals surface area contributed by atoms with E-state index in [1.54, 1.807) is 6.07 Å². The SMILES string of the molecule is NC(=O)NN=Cc1ccc(Br)c(CBr)c1F. The van der Waals surface area contributed by atoms with Gasteiger partial charge in [-0.05, 0) is 12.1 Å². The van der Waals surface area contributed by atoms with E-state index in [1.807, 2.05) is 5.43 Å². The molecule has 2 amide bonds. The molecule has 0 saturated carbocycles. The summed E-state index contributed by atoms with van der Waals surface area (Å²) >= 11 is 6.41. The lowest BCUT2D eigenvalue weighted by Crippen LogP contribution is -2.24. The highest BCUT2D eigenvalue weighted by Gasteiger charge is 2.09. The normalized spacial score (nSPS) is 10.7. The highest BCUT2D eigenvalue weighted by atomic mass is 79.9. The van der Waals surface area contributed by atoms with E-state index in [4.69, 9.17) is 5.73 Å². The number of hydrogen-bond acceptors (Lipinski definition) is 2. The highest BCUT2D eigenvalue weighted by molar-refractivity contribution is 9.10. The first-order chi connectivity index (χ1) is 7.56. The number of rotatable bonds is 3. The number of alkyl halides is 1. The van der Waals surface area contributed by atoms with Crippen molar-refractivity contribution in [2.24, 2.45) is 10.8 Å². The van der Waals surface area contributed by atoms with Crippen LogP contribution in [0, 0.1) is 5.82 Å². The van der Waals surface area contributed by atoms with E-state index >= 15 is 0 Å². The number of carbonyl (C=O) groups excluding carboxylic acids is 1. The monoisotopic (exact) mass is 351 g/mol. The molecule has 1 aromatic carbocycles. The second-order valence-electron chi connectivity index (χ2n) is 2.80. The first-order valence-corrected chi connectivity index (χ1v) is 6.09. The molecule has 0 atom stereocenters. The van der Waals surface area contributed by atoms with Crippen molar-refractivity contribution < 1.29 is 9.18 Å². The number of hydrazone groups is 1. The molecule has 0 aliphatic carbocycles. The van der Waals surface area contributed by atoms with Gasteiger partial charge in [0.25, 0.3) is 0 Å². The minimum Gasteiger partial charge on any atom is -0.350 e. The summed E-state index contributed by atoms with van der Waals surface area (Å²) in [7, 11) is 0. The number of urea groups is 1. The van der Waals surface area contributed by atoms with Crippen LogP contribution in [0.5, 0.6) is 0 Å². The predicted molar refractivity (Wildman–Crippen MR) is 67.0 cm³/mol. The zero-order valence-corrected chi connectivity index (χ0v) is 11.2. The van der Waals surface area contributed by atoms with Crippen LogP contribution in [0.25, 0.3) is 0 Å². The summed E-state index contributed by atoms with van der Waals surface area (Å²) in [6.45, 7) is 0. The maximum atomic E-state index is 13.8. The van der Waals surface area contributed by atoms with Crippen LogP contribution in [0.2, 0.25) is 0 Å². The van der Waals surface area contributed by atoms with Crippen molar-refractivity contribution in [1.29, 1.82) is 0 Å². The zero-order chi connectivity index (χ0) is 12.1. The molecule has 0 radical (unpaired) electrons. The molecule has 7 heteroatoms. The molecule has 3 N–H and O–H groups in total. The molecule has 0 bridgehead atoms. The molecule has 0 saturated heterocycles. The number of nitrogens with one attached hydrogen (secondary N) is 1. The number of benzene rings is 1. The Kier molecular flexibility index (Phi) is 4.88. The highest BCUT2D eigenvalue weighted by Crippen LogP contribution is 2.24. The van der Waals surface area contributed by atoms with Gasteiger partial charge in [0.2, 0.25) is 0 Å². The third kappa shape index (κ3) is 3.28. The predicted octanol–water partition coefficient (Wildman–Crippen LogP) is 2.49. The van der Waals surface area contributed by atoms with E-state index in [2.05, 4.69) is 37.0 Å². The van der Waals surface area contributed by atoms with Crippen LogP contribution in [0.4, 0.5) is 9.18 Å². The molecule has 0 heterocycles. The van der Waals surface area contributed by atoms with Crippen LogP contribution in [0.3, 0.4) is 0 Å². The second-order valence-corrected chi connectivity index (χ2v) is 4.21. The molecule has 0 aliphatic heterocycles. The van der Waals surface area contributed by atoms with Gasteiger partial charge in [-0.3, -0.25) is 0 Å². The Morgan fingerprint density at radius 1 is 1.62 bits per heavy atom. The fourth-order valence-electron chi connectivity index (χ4n) is 1.00. The Balaban J connectivity index is 2.98. The van der Waals surface area contributed by atoms with Gasteiger partial charge in [-0.1, -0.05) is 31.9 Å². The fourth-order valence-corrected chi connectivity index (χ4v) is 2.37.